The maximum absolute atomic E-state index is 10.5. The number of hydrogen-bond donors (Lipinski definition) is 1. The van der Waals surface area contributed by atoms with Gasteiger partial charge in [-0.1, -0.05) is 12.1 Å². The Balaban J connectivity index is 1.93. The highest BCUT2D eigenvalue weighted by Crippen LogP contribution is 2.16. The number of nitrogens with zero attached hydrogens (tertiary/aromatic N) is 1. The molecule has 2 rings (SSSR count). The van der Waals surface area contributed by atoms with E-state index in [-0.39, 0.29) is 12.5 Å². The molecule has 0 saturated heterocycles. The van der Waals surface area contributed by atoms with Crippen molar-refractivity contribution in [2.75, 3.05) is 13.7 Å². The maximum atomic E-state index is 10.5. The molecule has 0 saturated carbocycles. The minimum Gasteiger partial charge on any atom is -0.497 e. The van der Waals surface area contributed by atoms with Crippen molar-refractivity contribution in [3.05, 3.63) is 29.8 Å². The number of aliphatic imine (C=N–C) groups is 1. The number of carboxylic acids is 1. The van der Waals surface area contributed by atoms with Crippen LogP contribution in [-0.4, -0.2) is 36.7 Å². The molecule has 1 atom stereocenters. The van der Waals surface area contributed by atoms with E-state index in [0.717, 1.165) is 17.7 Å². The van der Waals surface area contributed by atoms with E-state index in [2.05, 4.69) is 4.99 Å². The van der Waals surface area contributed by atoms with Gasteiger partial charge in [0, 0.05) is 0 Å². The van der Waals surface area contributed by atoms with Crippen molar-refractivity contribution in [1.29, 1.82) is 0 Å². The fourth-order valence-corrected chi connectivity index (χ4v) is 1.83. The lowest BCUT2D eigenvalue weighted by Gasteiger charge is -2.06. The summed E-state index contributed by atoms with van der Waals surface area (Å²) in [5.74, 6) is 0.219. The molecule has 0 amide bonds. The molecule has 0 aliphatic carbocycles. The zero-order valence-corrected chi connectivity index (χ0v) is 10.1. The smallest absolute Gasteiger partial charge is 0.312 e. The van der Waals surface area contributed by atoms with Gasteiger partial charge in [0.05, 0.1) is 13.2 Å². The van der Waals surface area contributed by atoms with E-state index in [1.165, 1.54) is 0 Å². The standard InChI is InChI=1S/C13H15NO4/c1-17-11-4-2-9(3-5-11)6-10-8-18-12(14-10)7-13(15)16/h2-5,10H,6-8H2,1H3,(H,15,16). The SMILES string of the molecule is COc1ccc(CC2COC(CC(=O)O)=N2)cc1. The Bertz CT molecular complexity index is 453. The predicted molar refractivity (Wildman–Crippen MR) is 66.1 cm³/mol. The largest absolute Gasteiger partial charge is 0.497 e. The van der Waals surface area contributed by atoms with Crippen molar-refractivity contribution in [2.24, 2.45) is 4.99 Å². The molecule has 5 heteroatoms. The summed E-state index contributed by atoms with van der Waals surface area (Å²) >= 11 is 0. The summed E-state index contributed by atoms with van der Waals surface area (Å²) in [4.78, 5) is 14.8. The first-order valence-electron chi connectivity index (χ1n) is 5.71. The number of hydrogen-bond acceptors (Lipinski definition) is 4. The third kappa shape index (κ3) is 3.23. The second-order valence-electron chi connectivity index (χ2n) is 4.11. The summed E-state index contributed by atoms with van der Waals surface area (Å²) in [5, 5.41) is 8.63. The van der Waals surface area contributed by atoms with Crippen molar-refractivity contribution in [1.82, 2.24) is 0 Å². The van der Waals surface area contributed by atoms with Gasteiger partial charge in [0.15, 0.2) is 5.90 Å². The van der Waals surface area contributed by atoms with E-state index < -0.39 is 5.97 Å². The van der Waals surface area contributed by atoms with Crippen LogP contribution in [0.25, 0.3) is 0 Å². The van der Waals surface area contributed by atoms with Crippen LogP contribution >= 0.6 is 0 Å². The van der Waals surface area contributed by atoms with Crippen LogP contribution in [-0.2, 0) is 16.0 Å². The molecule has 0 bridgehead atoms. The molecular formula is C13H15NO4. The summed E-state index contributed by atoms with van der Waals surface area (Å²) in [7, 11) is 1.63. The highest BCUT2D eigenvalue weighted by molar-refractivity contribution is 5.94. The normalized spacial score (nSPS) is 18.1. The number of carboxylic acid groups (broad SMARTS) is 1. The van der Waals surface area contributed by atoms with Gasteiger partial charge in [-0.25, -0.2) is 4.99 Å². The first kappa shape index (κ1) is 12.4. The minimum atomic E-state index is -0.918. The molecule has 0 aromatic heterocycles. The van der Waals surface area contributed by atoms with E-state index in [9.17, 15) is 4.79 Å². The van der Waals surface area contributed by atoms with E-state index in [0.29, 0.717) is 12.5 Å². The molecule has 96 valence electrons. The van der Waals surface area contributed by atoms with Gasteiger partial charge in [-0.05, 0) is 24.1 Å². The summed E-state index contributed by atoms with van der Waals surface area (Å²) in [6.45, 7) is 0.453. The Kier molecular flexibility index (Phi) is 3.82. The van der Waals surface area contributed by atoms with Crippen molar-refractivity contribution in [3.8, 4) is 5.75 Å². The summed E-state index contributed by atoms with van der Waals surface area (Å²) in [6.07, 6.45) is 0.603. The van der Waals surface area contributed by atoms with Crippen LogP contribution in [0.5, 0.6) is 5.75 Å². The van der Waals surface area contributed by atoms with Gasteiger partial charge in [0.2, 0.25) is 0 Å². The van der Waals surface area contributed by atoms with Crippen molar-refractivity contribution < 1.29 is 19.4 Å². The zero-order valence-electron chi connectivity index (χ0n) is 10.1. The number of carbonyl (C=O) groups is 1. The van der Waals surface area contributed by atoms with Gasteiger partial charge in [-0.3, -0.25) is 4.79 Å². The zero-order chi connectivity index (χ0) is 13.0. The molecule has 1 aliphatic heterocycles. The Morgan fingerprint density at radius 3 is 2.83 bits per heavy atom. The van der Waals surface area contributed by atoms with Crippen LogP contribution in [0.3, 0.4) is 0 Å². The number of benzene rings is 1. The predicted octanol–water partition coefficient (Wildman–Crippen LogP) is 1.51. The second-order valence-corrected chi connectivity index (χ2v) is 4.11. The van der Waals surface area contributed by atoms with E-state index in [1.54, 1.807) is 7.11 Å². The Morgan fingerprint density at radius 2 is 2.22 bits per heavy atom. The average molecular weight is 249 g/mol. The maximum Gasteiger partial charge on any atom is 0.312 e. The molecule has 1 aromatic rings. The summed E-state index contributed by atoms with van der Waals surface area (Å²) in [6, 6.07) is 7.75. The first-order valence-corrected chi connectivity index (χ1v) is 5.71. The van der Waals surface area contributed by atoms with Crippen molar-refractivity contribution in [2.45, 2.75) is 18.9 Å². The second kappa shape index (κ2) is 5.53. The summed E-state index contributed by atoms with van der Waals surface area (Å²) in [5.41, 5.74) is 1.13. The Hall–Kier alpha value is -2.04. The Morgan fingerprint density at radius 1 is 1.50 bits per heavy atom. The third-order valence-electron chi connectivity index (χ3n) is 2.70. The highest BCUT2D eigenvalue weighted by Gasteiger charge is 2.20. The van der Waals surface area contributed by atoms with Gasteiger partial charge in [-0.2, -0.15) is 0 Å². The quantitative estimate of drug-likeness (QED) is 0.858. The van der Waals surface area contributed by atoms with Gasteiger partial charge >= 0.3 is 5.97 Å². The van der Waals surface area contributed by atoms with Crippen LogP contribution in [0.4, 0.5) is 0 Å². The minimum absolute atomic E-state index is 0.00717. The average Bonchev–Trinajstić information content (AvgIpc) is 2.76. The van der Waals surface area contributed by atoms with Crippen LogP contribution in [0.2, 0.25) is 0 Å². The molecular weight excluding hydrogens is 234 g/mol. The van der Waals surface area contributed by atoms with Crippen LogP contribution < -0.4 is 4.74 Å². The lowest BCUT2D eigenvalue weighted by molar-refractivity contribution is -0.135. The fraction of sp³-hybridized carbons (Fsp3) is 0.385. The Labute approximate surface area is 105 Å². The molecule has 1 heterocycles. The van der Waals surface area contributed by atoms with Crippen molar-refractivity contribution >= 4 is 11.9 Å². The number of ether oxygens (including phenoxy) is 2. The van der Waals surface area contributed by atoms with Gasteiger partial charge in [-0.15, -0.1) is 0 Å². The third-order valence-corrected chi connectivity index (χ3v) is 2.70. The molecule has 1 aromatic carbocycles. The van der Waals surface area contributed by atoms with Crippen LogP contribution in [0.1, 0.15) is 12.0 Å². The monoisotopic (exact) mass is 249 g/mol. The first-order chi connectivity index (χ1) is 8.67. The molecule has 1 unspecified atom stereocenters. The number of methoxy groups -OCH3 is 1. The molecule has 18 heavy (non-hydrogen) atoms. The van der Waals surface area contributed by atoms with E-state index >= 15 is 0 Å². The fourth-order valence-electron chi connectivity index (χ4n) is 1.83. The van der Waals surface area contributed by atoms with Gasteiger partial charge in [0.25, 0.3) is 0 Å². The lowest BCUT2D eigenvalue weighted by Crippen LogP contribution is -2.10. The van der Waals surface area contributed by atoms with E-state index in [4.69, 9.17) is 14.6 Å². The molecule has 5 nitrogen and oxygen atoms in total. The van der Waals surface area contributed by atoms with Crippen LogP contribution in [0.15, 0.2) is 29.3 Å². The van der Waals surface area contributed by atoms with Crippen molar-refractivity contribution in [3.63, 3.8) is 0 Å². The summed E-state index contributed by atoms with van der Waals surface area (Å²) < 4.78 is 10.3. The molecule has 0 radical (unpaired) electrons. The lowest BCUT2D eigenvalue weighted by atomic mass is 10.1. The number of rotatable bonds is 5. The molecule has 0 spiro atoms. The van der Waals surface area contributed by atoms with Crippen LogP contribution in [0, 0.1) is 0 Å². The van der Waals surface area contributed by atoms with Gasteiger partial charge in [0.1, 0.15) is 18.8 Å². The molecule has 0 fully saturated rings. The van der Waals surface area contributed by atoms with E-state index in [1.807, 2.05) is 24.3 Å². The topological polar surface area (TPSA) is 68.1 Å². The van der Waals surface area contributed by atoms with Gasteiger partial charge < -0.3 is 14.6 Å². The highest BCUT2D eigenvalue weighted by atomic mass is 16.5. The molecule has 1 aliphatic rings. The molecule has 1 N–H and O–H groups in total. The number of aliphatic carboxylic acids is 1.